The van der Waals surface area contributed by atoms with Gasteiger partial charge in [0.2, 0.25) is 5.91 Å². The number of piperidine rings is 1. The average Bonchev–Trinajstić information content (AvgIpc) is 2.77. The summed E-state index contributed by atoms with van der Waals surface area (Å²) in [5.41, 5.74) is 1.19. The number of hydrogen-bond donors (Lipinski definition) is 1. The Morgan fingerprint density at radius 2 is 2.27 bits per heavy atom. The maximum Gasteiger partial charge on any atom is 0.223 e. The molecule has 1 N–H and O–H groups in total. The molecule has 3 rings (SSSR count). The minimum atomic E-state index is 0.218. The number of carbonyl (C=O) groups excluding carboxylic acids is 1. The molecule has 2 fully saturated rings. The van der Waals surface area contributed by atoms with Crippen molar-refractivity contribution in [1.82, 2.24) is 10.3 Å². The van der Waals surface area contributed by atoms with E-state index in [1.807, 2.05) is 18.3 Å². The molecule has 15 heavy (non-hydrogen) atoms. The standard InChI is InChI=1S/C11H11ClN2O/c12-10-2-1-6(5-13-10)8-3-7-4-9(8)14-11(7)15/h1-2,5,7-9H,3-4H2,(H,14,15)/t7-,8+,9-/m0/s1. The van der Waals surface area contributed by atoms with Crippen molar-refractivity contribution in [1.29, 1.82) is 0 Å². The number of rotatable bonds is 1. The van der Waals surface area contributed by atoms with E-state index in [-0.39, 0.29) is 11.8 Å². The lowest BCUT2D eigenvalue weighted by atomic mass is 9.92. The second-order valence-electron chi connectivity index (χ2n) is 4.30. The molecule has 2 bridgehead atoms. The fourth-order valence-corrected chi connectivity index (χ4v) is 2.80. The van der Waals surface area contributed by atoms with Gasteiger partial charge in [-0.2, -0.15) is 0 Å². The van der Waals surface area contributed by atoms with Crippen LogP contribution in [0.2, 0.25) is 5.15 Å². The van der Waals surface area contributed by atoms with E-state index in [1.165, 1.54) is 5.56 Å². The van der Waals surface area contributed by atoms with E-state index in [1.54, 1.807) is 0 Å². The van der Waals surface area contributed by atoms with Gasteiger partial charge in [-0.05, 0) is 24.5 Å². The van der Waals surface area contributed by atoms with E-state index < -0.39 is 0 Å². The van der Waals surface area contributed by atoms with Crippen LogP contribution in [0.5, 0.6) is 0 Å². The third kappa shape index (κ3) is 1.42. The summed E-state index contributed by atoms with van der Waals surface area (Å²) in [4.78, 5) is 15.4. The molecule has 1 aliphatic heterocycles. The van der Waals surface area contributed by atoms with Gasteiger partial charge in [0.1, 0.15) is 5.15 Å². The Morgan fingerprint density at radius 3 is 2.80 bits per heavy atom. The molecule has 0 radical (unpaired) electrons. The van der Waals surface area contributed by atoms with Crippen LogP contribution in [0.4, 0.5) is 0 Å². The van der Waals surface area contributed by atoms with Crippen LogP contribution in [0.1, 0.15) is 24.3 Å². The summed E-state index contributed by atoms with van der Waals surface area (Å²) in [6, 6.07) is 4.13. The summed E-state index contributed by atoms with van der Waals surface area (Å²) < 4.78 is 0. The van der Waals surface area contributed by atoms with Crippen LogP contribution in [0.3, 0.4) is 0 Å². The Labute approximate surface area is 92.8 Å². The molecule has 1 saturated heterocycles. The lowest BCUT2D eigenvalue weighted by Gasteiger charge is -2.22. The van der Waals surface area contributed by atoms with Crippen LogP contribution in [0, 0.1) is 5.92 Å². The Bertz CT molecular complexity index is 404. The van der Waals surface area contributed by atoms with E-state index >= 15 is 0 Å². The first-order valence-corrected chi connectivity index (χ1v) is 5.53. The zero-order valence-corrected chi connectivity index (χ0v) is 8.87. The van der Waals surface area contributed by atoms with Crippen LogP contribution in [-0.2, 0) is 4.79 Å². The normalized spacial score (nSPS) is 33.1. The summed E-state index contributed by atoms with van der Waals surface area (Å²) in [6.07, 6.45) is 3.76. The highest BCUT2D eigenvalue weighted by Crippen LogP contribution is 2.42. The van der Waals surface area contributed by atoms with E-state index in [2.05, 4.69) is 10.3 Å². The zero-order chi connectivity index (χ0) is 10.4. The molecule has 2 aliphatic rings. The Hall–Kier alpha value is -1.09. The van der Waals surface area contributed by atoms with Crippen molar-refractivity contribution in [3.63, 3.8) is 0 Å². The monoisotopic (exact) mass is 222 g/mol. The van der Waals surface area contributed by atoms with E-state index in [0.717, 1.165) is 12.8 Å². The number of nitrogens with one attached hydrogen (secondary N) is 1. The molecular weight excluding hydrogens is 212 g/mol. The van der Waals surface area contributed by atoms with Crippen molar-refractivity contribution in [2.45, 2.75) is 24.8 Å². The quantitative estimate of drug-likeness (QED) is 0.736. The molecule has 1 saturated carbocycles. The highest BCUT2D eigenvalue weighted by atomic mass is 35.5. The molecule has 0 spiro atoms. The molecule has 1 aliphatic carbocycles. The third-order valence-electron chi connectivity index (χ3n) is 3.44. The van der Waals surface area contributed by atoms with Crippen molar-refractivity contribution >= 4 is 17.5 Å². The van der Waals surface area contributed by atoms with Crippen LogP contribution >= 0.6 is 11.6 Å². The van der Waals surface area contributed by atoms with Gasteiger partial charge >= 0.3 is 0 Å². The molecule has 78 valence electrons. The molecule has 3 nitrogen and oxygen atoms in total. The largest absolute Gasteiger partial charge is 0.352 e. The summed E-state index contributed by atoms with van der Waals surface area (Å²) >= 11 is 5.74. The van der Waals surface area contributed by atoms with Crippen molar-refractivity contribution in [2.24, 2.45) is 5.92 Å². The molecule has 0 unspecified atom stereocenters. The van der Waals surface area contributed by atoms with Gasteiger partial charge in [-0.25, -0.2) is 4.98 Å². The van der Waals surface area contributed by atoms with Crippen LogP contribution < -0.4 is 5.32 Å². The fraction of sp³-hybridized carbons (Fsp3) is 0.455. The van der Waals surface area contributed by atoms with Crippen molar-refractivity contribution in [2.75, 3.05) is 0 Å². The summed E-state index contributed by atoms with van der Waals surface area (Å²) in [6.45, 7) is 0. The highest BCUT2D eigenvalue weighted by Gasteiger charge is 2.45. The van der Waals surface area contributed by atoms with E-state index in [4.69, 9.17) is 11.6 Å². The number of pyridine rings is 1. The zero-order valence-electron chi connectivity index (χ0n) is 8.11. The maximum absolute atomic E-state index is 11.3. The van der Waals surface area contributed by atoms with Crippen molar-refractivity contribution in [3.8, 4) is 0 Å². The summed E-state index contributed by atoms with van der Waals surface area (Å²) in [5.74, 6) is 0.867. The molecule has 1 aromatic heterocycles. The van der Waals surface area contributed by atoms with E-state index in [9.17, 15) is 4.79 Å². The number of nitrogens with zero attached hydrogens (tertiary/aromatic N) is 1. The predicted molar refractivity (Wildman–Crippen MR) is 56.6 cm³/mol. The molecule has 3 atom stereocenters. The fourth-order valence-electron chi connectivity index (χ4n) is 2.69. The number of amides is 1. The second kappa shape index (κ2) is 3.20. The molecular formula is C11H11ClN2O. The highest BCUT2D eigenvalue weighted by molar-refractivity contribution is 6.29. The number of carbonyl (C=O) groups is 1. The molecule has 1 amide bonds. The van der Waals surface area contributed by atoms with Gasteiger partial charge in [0, 0.05) is 24.1 Å². The number of aromatic nitrogens is 1. The molecule has 4 heteroatoms. The minimum Gasteiger partial charge on any atom is -0.352 e. The topological polar surface area (TPSA) is 42.0 Å². The van der Waals surface area contributed by atoms with Gasteiger partial charge < -0.3 is 5.32 Å². The van der Waals surface area contributed by atoms with Gasteiger partial charge in [0.15, 0.2) is 0 Å². The SMILES string of the molecule is O=C1N[C@H]2C[C@@H]1C[C@@H]2c1ccc(Cl)nc1. The molecule has 0 aromatic carbocycles. The molecule has 1 aromatic rings. The first-order valence-electron chi connectivity index (χ1n) is 5.16. The van der Waals surface area contributed by atoms with Gasteiger partial charge in [0.25, 0.3) is 0 Å². The third-order valence-corrected chi connectivity index (χ3v) is 3.66. The van der Waals surface area contributed by atoms with Crippen LogP contribution in [-0.4, -0.2) is 16.9 Å². The Morgan fingerprint density at radius 1 is 1.40 bits per heavy atom. The predicted octanol–water partition coefficient (Wildman–Crippen LogP) is 1.73. The number of hydrogen-bond acceptors (Lipinski definition) is 2. The summed E-state index contributed by atoms with van der Waals surface area (Å²) in [5, 5.41) is 3.54. The first kappa shape index (κ1) is 9.16. The van der Waals surface area contributed by atoms with Gasteiger partial charge in [-0.3, -0.25) is 4.79 Å². The van der Waals surface area contributed by atoms with Crippen LogP contribution in [0.25, 0.3) is 0 Å². The van der Waals surface area contributed by atoms with E-state index in [0.29, 0.717) is 17.1 Å². The lowest BCUT2D eigenvalue weighted by Crippen LogP contribution is -2.35. The van der Waals surface area contributed by atoms with Gasteiger partial charge in [-0.1, -0.05) is 17.7 Å². The Kier molecular flexibility index (Phi) is 1.96. The maximum atomic E-state index is 11.3. The minimum absolute atomic E-state index is 0.218. The Balaban J connectivity index is 1.85. The number of halogens is 1. The number of fused-ring (bicyclic) bond motifs is 2. The van der Waals surface area contributed by atoms with Crippen molar-refractivity contribution < 1.29 is 4.79 Å². The molecule has 2 heterocycles. The smallest absolute Gasteiger partial charge is 0.223 e. The van der Waals surface area contributed by atoms with Gasteiger partial charge in [-0.15, -0.1) is 0 Å². The van der Waals surface area contributed by atoms with Crippen LogP contribution in [0.15, 0.2) is 18.3 Å². The second-order valence-corrected chi connectivity index (χ2v) is 4.69. The summed E-state index contributed by atoms with van der Waals surface area (Å²) in [7, 11) is 0. The average molecular weight is 223 g/mol. The lowest BCUT2D eigenvalue weighted by molar-refractivity contribution is -0.123. The van der Waals surface area contributed by atoms with Crippen molar-refractivity contribution in [3.05, 3.63) is 29.0 Å². The first-order chi connectivity index (χ1) is 7.24. The van der Waals surface area contributed by atoms with Gasteiger partial charge in [0.05, 0.1) is 0 Å².